The van der Waals surface area contributed by atoms with E-state index in [9.17, 15) is 8.42 Å². The Bertz CT molecular complexity index is 720. The third-order valence-electron chi connectivity index (χ3n) is 3.24. The van der Waals surface area contributed by atoms with Gasteiger partial charge in [-0.2, -0.15) is 17.0 Å². The first-order valence-electron chi connectivity index (χ1n) is 6.51. The normalized spacial score (nSPS) is 13.5. The second-order valence-corrected chi connectivity index (χ2v) is 7.53. The Morgan fingerprint density at radius 3 is 2.23 bits per heavy atom. The molecule has 8 heteroatoms. The SMILES string of the molecule is CN(C)S(=O)(=O)N(C)C(c1ccc(Cl)cc1)c1cnccn1. The van der Waals surface area contributed by atoms with Crippen LogP contribution in [0.1, 0.15) is 17.3 Å². The van der Waals surface area contributed by atoms with Gasteiger partial charge in [-0.15, -0.1) is 0 Å². The lowest BCUT2D eigenvalue weighted by Gasteiger charge is -2.29. The molecule has 6 nitrogen and oxygen atoms in total. The second-order valence-electron chi connectivity index (χ2n) is 4.89. The van der Waals surface area contributed by atoms with Crippen molar-refractivity contribution >= 4 is 21.8 Å². The Hall–Kier alpha value is -1.54. The molecular weight excluding hydrogens is 324 g/mol. The number of aromatic nitrogens is 2. The van der Waals surface area contributed by atoms with Crippen molar-refractivity contribution in [2.24, 2.45) is 0 Å². The predicted octanol–water partition coefficient (Wildman–Crippen LogP) is 1.96. The molecule has 0 aliphatic carbocycles. The molecule has 0 radical (unpaired) electrons. The molecule has 0 aliphatic heterocycles. The fourth-order valence-electron chi connectivity index (χ4n) is 2.05. The standard InChI is InChI=1S/C14H17ClN4O2S/c1-18(2)22(20,21)19(3)14(13-10-16-8-9-17-13)11-4-6-12(15)7-5-11/h4-10,14H,1-3H3. The molecule has 0 amide bonds. The topological polar surface area (TPSA) is 66.4 Å². The maximum absolute atomic E-state index is 12.5. The Balaban J connectivity index is 2.54. The fraction of sp³-hybridized carbons (Fsp3) is 0.286. The van der Waals surface area contributed by atoms with Crippen LogP contribution in [0.3, 0.4) is 0 Å². The number of hydrogen-bond donors (Lipinski definition) is 0. The average Bonchev–Trinajstić information content (AvgIpc) is 2.50. The van der Waals surface area contributed by atoms with Crippen LogP contribution in [0.5, 0.6) is 0 Å². The van der Waals surface area contributed by atoms with Crippen molar-refractivity contribution in [2.75, 3.05) is 21.1 Å². The van der Waals surface area contributed by atoms with Crippen LogP contribution >= 0.6 is 11.6 Å². The van der Waals surface area contributed by atoms with Crippen molar-refractivity contribution in [2.45, 2.75) is 6.04 Å². The first-order chi connectivity index (χ1) is 10.3. The number of hydrogen-bond acceptors (Lipinski definition) is 4. The van der Waals surface area contributed by atoms with Gasteiger partial charge in [-0.3, -0.25) is 9.97 Å². The van der Waals surface area contributed by atoms with Crippen LogP contribution < -0.4 is 0 Å². The zero-order valence-electron chi connectivity index (χ0n) is 12.5. The molecule has 0 saturated carbocycles. The van der Waals surface area contributed by atoms with Gasteiger partial charge >= 0.3 is 0 Å². The first-order valence-corrected chi connectivity index (χ1v) is 8.28. The molecule has 0 aliphatic rings. The van der Waals surface area contributed by atoms with E-state index >= 15 is 0 Å². The molecule has 0 fully saturated rings. The van der Waals surface area contributed by atoms with Gasteiger partial charge in [-0.25, -0.2) is 0 Å². The summed E-state index contributed by atoms with van der Waals surface area (Å²) in [6.07, 6.45) is 4.64. The van der Waals surface area contributed by atoms with Crippen LogP contribution in [-0.2, 0) is 10.2 Å². The lowest BCUT2D eigenvalue weighted by atomic mass is 10.0. The summed E-state index contributed by atoms with van der Waals surface area (Å²) in [5.74, 6) is 0. The highest BCUT2D eigenvalue weighted by Crippen LogP contribution is 2.29. The number of nitrogens with zero attached hydrogens (tertiary/aromatic N) is 4. The summed E-state index contributed by atoms with van der Waals surface area (Å²) in [6.45, 7) is 0. The Labute approximate surface area is 135 Å². The minimum atomic E-state index is -3.62. The molecule has 22 heavy (non-hydrogen) atoms. The van der Waals surface area contributed by atoms with Gasteiger partial charge in [0, 0.05) is 38.6 Å². The Morgan fingerprint density at radius 2 is 1.73 bits per heavy atom. The lowest BCUT2D eigenvalue weighted by Crippen LogP contribution is -2.40. The molecule has 0 bridgehead atoms. The van der Waals surface area contributed by atoms with E-state index in [1.54, 1.807) is 36.7 Å². The van der Waals surface area contributed by atoms with Crippen LogP contribution in [0.15, 0.2) is 42.9 Å². The van der Waals surface area contributed by atoms with Crippen molar-refractivity contribution in [3.8, 4) is 0 Å². The Morgan fingerprint density at radius 1 is 1.09 bits per heavy atom. The molecule has 118 valence electrons. The molecule has 1 aromatic carbocycles. The second kappa shape index (κ2) is 6.70. The minimum absolute atomic E-state index is 0.540. The van der Waals surface area contributed by atoms with Crippen LogP contribution in [0.25, 0.3) is 0 Å². The molecule has 1 atom stereocenters. The Kier molecular flexibility index (Phi) is 5.12. The molecule has 0 saturated heterocycles. The third-order valence-corrected chi connectivity index (χ3v) is 5.35. The van der Waals surface area contributed by atoms with Gasteiger partial charge in [0.2, 0.25) is 0 Å². The molecule has 2 rings (SSSR count). The first kappa shape index (κ1) is 16.8. The molecular formula is C14H17ClN4O2S. The van der Waals surface area contributed by atoms with Crippen LogP contribution in [-0.4, -0.2) is 48.1 Å². The van der Waals surface area contributed by atoms with Crippen LogP contribution in [0, 0.1) is 0 Å². The molecule has 1 unspecified atom stereocenters. The van der Waals surface area contributed by atoms with Gasteiger partial charge in [0.25, 0.3) is 10.2 Å². The van der Waals surface area contributed by atoms with Gasteiger partial charge < -0.3 is 0 Å². The number of benzene rings is 1. The lowest BCUT2D eigenvalue weighted by molar-refractivity contribution is 0.374. The maximum Gasteiger partial charge on any atom is 0.282 e. The molecule has 0 spiro atoms. The summed E-state index contributed by atoms with van der Waals surface area (Å²) in [5, 5.41) is 0.583. The smallest absolute Gasteiger partial charge is 0.261 e. The van der Waals surface area contributed by atoms with Crippen molar-refractivity contribution in [3.63, 3.8) is 0 Å². The van der Waals surface area contributed by atoms with Crippen molar-refractivity contribution in [1.82, 2.24) is 18.6 Å². The monoisotopic (exact) mass is 340 g/mol. The number of rotatable bonds is 5. The molecule has 0 N–H and O–H groups in total. The van der Waals surface area contributed by atoms with E-state index in [1.807, 2.05) is 0 Å². The predicted molar refractivity (Wildman–Crippen MR) is 85.7 cm³/mol. The molecule has 1 heterocycles. The van der Waals surface area contributed by atoms with E-state index in [0.717, 1.165) is 9.87 Å². The highest BCUT2D eigenvalue weighted by molar-refractivity contribution is 7.86. The van der Waals surface area contributed by atoms with Gasteiger partial charge in [-0.1, -0.05) is 23.7 Å². The highest BCUT2D eigenvalue weighted by atomic mass is 35.5. The summed E-state index contributed by atoms with van der Waals surface area (Å²) in [5.41, 5.74) is 1.30. The largest absolute Gasteiger partial charge is 0.282 e. The summed E-state index contributed by atoms with van der Waals surface area (Å²) in [7, 11) is 0.876. The van der Waals surface area contributed by atoms with E-state index in [-0.39, 0.29) is 0 Å². The fourth-order valence-corrected chi connectivity index (χ4v) is 3.19. The third kappa shape index (κ3) is 3.44. The molecule has 2 aromatic rings. The summed E-state index contributed by atoms with van der Waals surface area (Å²) in [4.78, 5) is 8.29. The summed E-state index contributed by atoms with van der Waals surface area (Å²) < 4.78 is 27.3. The zero-order chi connectivity index (χ0) is 16.3. The van der Waals surface area contributed by atoms with Gasteiger partial charge in [0.15, 0.2) is 0 Å². The van der Waals surface area contributed by atoms with Gasteiger partial charge in [0.05, 0.1) is 17.9 Å². The van der Waals surface area contributed by atoms with E-state index in [2.05, 4.69) is 9.97 Å². The highest BCUT2D eigenvalue weighted by Gasteiger charge is 2.31. The number of halogens is 1. The van der Waals surface area contributed by atoms with E-state index in [4.69, 9.17) is 11.6 Å². The van der Waals surface area contributed by atoms with E-state index in [1.165, 1.54) is 31.6 Å². The summed E-state index contributed by atoms with van der Waals surface area (Å²) >= 11 is 5.91. The van der Waals surface area contributed by atoms with Gasteiger partial charge in [-0.05, 0) is 17.7 Å². The van der Waals surface area contributed by atoms with Gasteiger partial charge in [0.1, 0.15) is 0 Å². The quantitative estimate of drug-likeness (QED) is 0.834. The van der Waals surface area contributed by atoms with Crippen molar-refractivity contribution < 1.29 is 8.42 Å². The summed E-state index contributed by atoms with van der Waals surface area (Å²) in [6, 6.07) is 6.41. The average molecular weight is 341 g/mol. The van der Waals surface area contributed by atoms with E-state index in [0.29, 0.717) is 10.7 Å². The van der Waals surface area contributed by atoms with Crippen molar-refractivity contribution in [3.05, 3.63) is 59.1 Å². The van der Waals surface area contributed by atoms with Crippen LogP contribution in [0.2, 0.25) is 5.02 Å². The van der Waals surface area contributed by atoms with Crippen molar-refractivity contribution in [1.29, 1.82) is 0 Å². The van der Waals surface area contributed by atoms with E-state index < -0.39 is 16.3 Å². The zero-order valence-corrected chi connectivity index (χ0v) is 14.1. The molecule has 1 aromatic heterocycles. The van der Waals surface area contributed by atoms with Crippen LogP contribution in [0.4, 0.5) is 0 Å². The maximum atomic E-state index is 12.5. The minimum Gasteiger partial charge on any atom is -0.261 e.